The average Bonchev–Trinajstić information content (AvgIpc) is 2.25. The molecule has 0 heterocycles. The molecule has 4 N–H and O–H groups in total. The highest BCUT2D eigenvalue weighted by Crippen LogP contribution is 2.17. The first kappa shape index (κ1) is 13.5. The number of hydrogen-bond donors (Lipinski definition) is 2. The van der Waals surface area contributed by atoms with Crippen LogP contribution in [0.15, 0.2) is 29.2 Å². The van der Waals surface area contributed by atoms with E-state index in [0.717, 1.165) is 6.26 Å². The molecule has 0 bridgehead atoms. The molecule has 1 aromatic carbocycles. The van der Waals surface area contributed by atoms with Crippen molar-refractivity contribution in [3.63, 3.8) is 0 Å². The standard InChI is InChI=1S/C10H14N2O4S/c1-17(14,15)8-4-2-3-7(5-8)16-6-9(11)10(12)13/h2-5,9H,6,11H2,1H3,(H2,12,13). The lowest BCUT2D eigenvalue weighted by atomic mass is 10.3. The normalized spacial score (nSPS) is 13.1. The molecule has 1 aromatic rings. The molecule has 6 nitrogen and oxygen atoms in total. The minimum Gasteiger partial charge on any atom is -0.491 e. The number of ether oxygens (including phenoxy) is 1. The Morgan fingerprint density at radius 1 is 1.47 bits per heavy atom. The number of nitrogens with two attached hydrogens (primary N) is 2. The fourth-order valence-corrected chi connectivity index (χ4v) is 1.72. The van der Waals surface area contributed by atoms with Crippen LogP contribution in [-0.4, -0.2) is 33.2 Å². The summed E-state index contributed by atoms with van der Waals surface area (Å²) in [5.74, 6) is -0.353. The Kier molecular flexibility index (Phi) is 4.08. The summed E-state index contributed by atoms with van der Waals surface area (Å²) in [6.45, 7) is -0.0947. The predicted molar refractivity (Wildman–Crippen MR) is 62.2 cm³/mol. The monoisotopic (exact) mass is 258 g/mol. The zero-order valence-electron chi connectivity index (χ0n) is 9.29. The van der Waals surface area contributed by atoms with Crippen LogP contribution in [0, 0.1) is 0 Å². The molecule has 0 aliphatic carbocycles. The van der Waals surface area contributed by atoms with Crippen LogP contribution in [-0.2, 0) is 14.6 Å². The topological polar surface area (TPSA) is 112 Å². The number of amides is 1. The van der Waals surface area contributed by atoms with Crippen molar-refractivity contribution in [1.82, 2.24) is 0 Å². The largest absolute Gasteiger partial charge is 0.491 e. The van der Waals surface area contributed by atoms with Crippen molar-refractivity contribution in [3.05, 3.63) is 24.3 Å². The Morgan fingerprint density at radius 3 is 2.65 bits per heavy atom. The van der Waals surface area contributed by atoms with Crippen LogP contribution in [0.5, 0.6) is 5.75 Å². The number of primary amides is 1. The average molecular weight is 258 g/mol. The van der Waals surface area contributed by atoms with E-state index in [1.54, 1.807) is 12.1 Å². The first-order chi connectivity index (χ1) is 7.80. The van der Waals surface area contributed by atoms with E-state index in [1.165, 1.54) is 12.1 Å². The summed E-state index contributed by atoms with van der Waals surface area (Å²) in [4.78, 5) is 10.8. The minimum atomic E-state index is -3.28. The number of carbonyl (C=O) groups excluding carboxylic acids is 1. The summed E-state index contributed by atoms with van der Waals surface area (Å²) < 4.78 is 27.7. The van der Waals surface area contributed by atoms with Crippen molar-refractivity contribution in [2.45, 2.75) is 10.9 Å². The zero-order valence-corrected chi connectivity index (χ0v) is 10.1. The van der Waals surface area contributed by atoms with Gasteiger partial charge < -0.3 is 16.2 Å². The summed E-state index contributed by atoms with van der Waals surface area (Å²) in [6.07, 6.45) is 1.10. The van der Waals surface area contributed by atoms with Crippen molar-refractivity contribution < 1.29 is 17.9 Å². The molecule has 0 saturated heterocycles. The lowest BCUT2D eigenvalue weighted by molar-refractivity contribution is -0.119. The Hall–Kier alpha value is -1.60. The SMILES string of the molecule is CS(=O)(=O)c1cccc(OCC(N)C(N)=O)c1. The van der Waals surface area contributed by atoms with Gasteiger partial charge in [-0.1, -0.05) is 6.07 Å². The third-order valence-electron chi connectivity index (χ3n) is 2.03. The molecule has 0 aromatic heterocycles. The van der Waals surface area contributed by atoms with Gasteiger partial charge in [-0.05, 0) is 18.2 Å². The molecule has 17 heavy (non-hydrogen) atoms. The Balaban J connectivity index is 2.77. The summed E-state index contributed by atoms with van der Waals surface area (Å²) in [5, 5.41) is 0. The molecule has 0 radical (unpaired) electrons. The maximum atomic E-state index is 11.3. The molecule has 0 fully saturated rings. The Morgan fingerprint density at radius 2 is 2.12 bits per heavy atom. The van der Waals surface area contributed by atoms with Gasteiger partial charge in [-0.25, -0.2) is 8.42 Å². The van der Waals surface area contributed by atoms with Crippen LogP contribution in [0.2, 0.25) is 0 Å². The highest BCUT2D eigenvalue weighted by atomic mass is 32.2. The fourth-order valence-electron chi connectivity index (χ4n) is 1.06. The maximum Gasteiger partial charge on any atom is 0.237 e. The second-order valence-corrected chi connectivity index (χ2v) is 5.58. The smallest absolute Gasteiger partial charge is 0.237 e. The van der Waals surface area contributed by atoms with Gasteiger partial charge in [0.25, 0.3) is 0 Å². The Bertz CT molecular complexity index is 513. The third kappa shape index (κ3) is 4.04. The van der Waals surface area contributed by atoms with Gasteiger partial charge in [0.15, 0.2) is 9.84 Å². The van der Waals surface area contributed by atoms with Crippen LogP contribution < -0.4 is 16.2 Å². The number of hydrogen-bond acceptors (Lipinski definition) is 5. The van der Waals surface area contributed by atoms with Gasteiger partial charge in [0, 0.05) is 6.26 Å². The summed E-state index contributed by atoms with van der Waals surface area (Å²) in [7, 11) is -3.28. The van der Waals surface area contributed by atoms with Gasteiger partial charge in [-0.2, -0.15) is 0 Å². The molecule has 1 atom stereocenters. The summed E-state index contributed by atoms with van der Waals surface area (Å²) >= 11 is 0. The number of rotatable bonds is 5. The van der Waals surface area contributed by atoms with Crippen molar-refractivity contribution in [1.29, 1.82) is 0 Å². The predicted octanol–water partition coefficient (Wildman–Crippen LogP) is -0.718. The highest BCUT2D eigenvalue weighted by molar-refractivity contribution is 7.90. The maximum absolute atomic E-state index is 11.3. The van der Waals surface area contributed by atoms with Gasteiger partial charge in [0.05, 0.1) is 4.90 Å². The van der Waals surface area contributed by atoms with Crippen LogP contribution >= 0.6 is 0 Å². The van der Waals surface area contributed by atoms with Crippen LogP contribution in [0.4, 0.5) is 0 Å². The summed E-state index contributed by atoms with van der Waals surface area (Å²) in [5.41, 5.74) is 10.3. The van der Waals surface area contributed by atoms with Crippen LogP contribution in [0.1, 0.15) is 0 Å². The van der Waals surface area contributed by atoms with E-state index in [1.807, 2.05) is 0 Å². The quantitative estimate of drug-likeness (QED) is 0.723. The molecule has 1 amide bonds. The van der Waals surface area contributed by atoms with Gasteiger partial charge in [-0.3, -0.25) is 4.79 Å². The fraction of sp³-hybridized carbons (Fsp3) is 0.300. The first-order valence-corrected chi connectivity index (χ1v) is 6.67. The van der Waals surface area contributed by atoms with Crippen LogP contribution in [0.25, 0.3) is 0 Å². The number of sulfone groups is 1. The molecule has 1 unspecified atom stereocenters. The van der Waals surface area contributed by atoms with Crippen molar-refractivity contribution in [3.8, 4) is 5.75 Å². The second kappa shape index (κ2) is 5.15. The van der Waals surface area contributed by atoms with Gasteiger partial charge in [0.2, 0.25) is 5.91 Å². The molecular weight excluding hydrogens is 244 g/mol. The molecule has 0 aliphatic heterocycles. The van der Waals surface area contributed by atoms with E-state index >= 15 is 0 Å². The number of carbonyl (C=O) groups is 1. The van der Waals surface area contributed by atoms with Gasteiger partial charge in [-0.15, -0.1) is 0 Å². The highest BCUT2D eigenvalue weighted by Gasteiger charge is 2.11. The van der Waals surface area contributed by atoms with E-state index in [-0.39, 0.29) is 11.5 Å². The van der Waals surface area contributed by atoms with Crippen molar-refractivity contribution in [2.75, 3.05) is 12.9 Å². The summed E-state index contributed by atoms with van der Waals surface area (Å²) in [6, 6.07) is 5.01. The van der Waals surface area contributed by atoms with E-state index in [0.29, 0.717) is 5.75 Å². The van der Waals surface area contributed by atoms with Crippen molar-refractivity contribution in [2.24, 2.45) is 11.5 Å². The molecule has 0 aliphatic rings. The first-order valence-electron chi connectivity index (χ1n) is 4.78. The van der Waals surface area contributed by atoms with E-state index in [4.69, 9.17) is 16.2 Å². The van der Waals surface area contributed by atoms with E-state index < -0.39 is 21.8 Å². The molecule has 7 heteroatoms. The third-order valence-corrected chi connectivity index (χ3v) is 3.14. The molecular formula is C10H14N2O4S. The molecule has 0 saturated carbocycles. The van der Waals surface area contributed by atoms with Crippen molar-refractivity contribution >= 4 is 15.7 Å². The second-order valence-electron chi connectivity index (χ2n) is 3.57. The minimum absolute atomic E-state index is 0.0947. The van der Waals surface area contributed by atoms with E-state index in [9.17, 15) is 13.2 Å². The van der Waals surface area contributed by atoms with Gasteiger partial charge in [0.1, 0.15) is 18.4 Å². The van der Waals surface area contributed by atoms with E-state index in [2.05, 4.69) is 0 Å². The Labute approximate surface area is 99.5 Å². The lowest BCUT2D eigenvalue weighted by Gasteiger charge is -2.10. The zero-order chi connectivity index (χ0) is 13.1. The molecule has 0 spiro atoms. The van der Waals surface area contributed by atoms with Crippen LogP contribution in [0.3, 0.4) is 0 Å². The molecule has 94 valence electrons. The lowest BCUT2D eigenvalue weighted by Crippen LogP contribution is -2.41. The molecule has 1 rings (SSSR count). The van der Waals surface area contributed by atoms with Gasteiger partial charge >= 0.3 is 0 Å². The number of benzene rings is 1.